The third kappa shape index (κ3) is 6.24. The lowest BCUT2D eigenvalue weighted by molar-refractivity contribution is -0.134. The number of hydrogen-bond acceptors (Lipinski definition) is 1. The predicted molar refractivity (Wildman–Crippen MR) is 110 cm³/mol. The van der Waals surface area contributed by atoms with E-state index in [1.807, 2.05) is 0 Å². The summed E-state index contributed by atoms with van der Waals surface area (Å²) in [4.78, 5) is 9.00. The van der Waals surface area contributed by atoms with Gasteiger partial charge in [-0.25, -0.2) is 0 Å². The molecule has 0 aliphatic heterocycles. The summed E-state index contributed by atoms with van der Waals surface area (Å²) in [6.45, 7) is 1.08. The van der Waals surface area contributed by atoms with E-state index in [1.54, 1.807) is 0 Å². The SMILES string of the molecule is CC(=O)O.P.c1ccc(P(c2ccccc2)c2ccccc2)cc1. The van der Waals surface area contributed by atoms with Gasteiger partial charge in [0, 0.05) is 6.92 Å². The Hall–Kier alpha value is -2.01. The molecule has 0 saturated carbocycles. The summed E-state index contributed by atoms with van der Waals surface area (Å²) >= 11 is 0. The molecule has 0 fully saturated rings. The Kier molecular flexibility index (Phi) is 8.94. The molecule has 4 heteroatoms. The van der Waals surface area contributed by atoms with E-state index in [4.69, 9.17) is 9.90 Å². The molecule has 3 aromatic carbocycles. The minimum Gasteiger partial charge on any atom is -0.481 e. The van der Waals surface area contributed by atoms with Crippen molar-refractivity contribution in [2.45, 2.75) is 6.92 Å². The topological polar surface area (TPSA) is 37.3 Å². The molecule has 0 spiro atoms. The van der Waals surface area contributed by atoms with Crippen LogP contribution in [0.25, 0.3) is 0 Å². The first-order valence-electron chi connectivity index (χ1n) is 7.33. The fourth-order valence-corrected chi connectivity index (χ4v) is 4.48. The lowest BCUT2D eigenvalue weighted by Crippen LogP contribution is -2.20. The molecule has 3 rings (SSSR count). The zero-order chi connectivity index (χ0) is 16.5. The van der Waals surface area contributed by atoms with Gasteiger partial charge in [-0.2, -0.15) is 9.90 Å². The van der Waals surface area contributed by atoms with Crippen molar-refractivity contribution < 1.29 is 9.90 Å². The van der Waals surface area contributed by atoms with Gasteiger partial charge in [-0.05, 0) is 23.8 Å². The Morgan fingerprint density at radius 3 is 1.08 bits per heavy atom. The van der Waals surface area contributed by atoms with Gasteiger partial charge in [0.05, 0.1) is 0 Å². The predicted octanol–water partition coefficient (Wildman–Crippen LogP) is 3.59. The van der Waals surface area contributed by atoms with Crippen LogP contribution in [0.2, 0.25) is 0 Å². The van der Waals surface area contributed by atoms with Crippen molar-refractivity contribution in [1.82, 2.24) is 0 Å². The van der Waals surface area contributed by atoms with Crippen LogP contribution >= 0.6 is 17.8 Å². The maximum Gasteiger partial charge on any atom is 0.300 e. The molecule has 3 aromatic rings. The van der Waals surface area contributed by atoms with E-state index in [9.17, 15) is 0 Å². The van der Waals surface area contributed by atoms with Crippen molar-refractivity contribution in [3.8, 4) is 0 Å². The van der Waals surface area contributed by atoms with E-state index in [2.05, 4.69) is 91.0 Å². The lowest BCUT2D eigenvalue weighted by atomic mass is 10.4. The number of aliphatic carboxylic acids is 1. The van der Waals surface area contributed by atoms with Crippen molar-refractivity contribution in [3.63, 3.8) is 0 Å². The highest BCUT2D eigenvalue weighted by atomic mass is 31.1. The number of hydrogen-bond donors (Lipinski definition) is 1. The average Bonchev–Trinajstić information content (AvgIpc) is 2.58. The Bertz CT molecular complexity index is 618. The van der Waals surface area contributed by atoms with Crippen molar-refractivity contribution in [1.29, 1.82) is 0 Å². The first-order valence-corrected chi connectivity index (χ1v) is 8.67. The minimum atomic E-state index is -0.833. The Morgan fingerprint density at radius 1 is 0.667 bits per heavy atom. The molecule has 124 valence electrons. The molecule has 0 aliphatic rings. The van der Waals surface area contributed by atoms with Gasteiger partial charge in [-0.1, -0.05) is 91.0 Å². The van der Waals surface area contributed by atoms with Crippen LogP contribution in [0.1, 0.15) is 6.92 Å². The normalized spacial score (nSPS) is 9.42. The van der Waals surface area contributed by atoms with Crippen molar-refractivity contribution in [3.05, 3.63) is 91.0 Å². The van der Waals surface area contributed by atoms with Gasteiger partial charge in [0.15, 0.2) is 0 Å². The van der Waals surface area contributed by atoms with Gasteiger partial charge in [0.1, 0.15) is 0 Å². The molecule has 1 unspecified atom stereocenters. The lowest BCUT2D eigenvalue weighted by Gasteiger charge is -2.18. The number of benzene rings is 3. The minimum absolute atomic E-state index is 0. The van der Waals surface area contributed by atoms with Gasteiger partial charge in [-0.3, -0.25) is 4.79 Å². The fourth-order valence-electron chi connectivity index (χ4n) is 2.18. The first kappa shape index (κ1) is 20.0. The van der Waals surface area contributed by atoms with Crippen LogP contribution in [0.3, 0.4) is 0 Å². The van der Waals surface area contributed by atoms with E-state index in [0.29, 0.717) is 0 Å². The molecule has 0 aliphatic carbocycles. The molecular weight excluding hydrogens is 334 g/mol. The molecule has 2 nitrogen and oxygen atoms in total. The van der Waals surface area contributed by atoms with Crippen molar-refractivity contribution >= 4 is 39.7 Å². The highest BCUT2D eigenvalue weighted by Crippen LogP contribution is 2.32. The van der Waals surface area contributed by atoms with Gasteiger partial charge >= 0.3 is 0 Å². The molecule has 0 heterocycles. The molecule has 0 radical (unpaired) electrons. The highest BCUT2D eigenvalue weighted by molar-refractivity contribution is 7.79. The summed E-state index contributed by atoms with van der Waals surface area (Å²) in [7, 11) is -0.446. The second-order valence-corrected chi connectivity index (χ2v) is 7.08. The Balaban J connectivity index is 0.000000522. The van der Waals surface area contributed by atoms with E-state index in [1.165, 1.54) is 15.9 Å². The molecule has 0 bridgehead atoms. The largest absolute Gasteiger partial charge is 0.481 e. The van der Waals surface area contributed by atoms with E-state index < -0.39 is 13.9 Å². The zero-order valence-corrected chi connectivity index (χ0v) is 16.0. The van der Waals surface area contributed by atoms with Gasteiger partial charge in [0.2, 0.25) is 0 Å². The summed E-state index contributed by atoms with van der Waals surface area (Å²) in [5.41, 5.74) is 0. The van der Waals surface area contributed by atoms with Crippen LogP contribution in [0.4, 0.5) is 0 Å². The van der Waals surface area contributed by atoms with Crippen LogP contribution in [0, 0.1) is 0 Å². The van der Waals surface area contributed by atoms with Gasteiger partial charge in [-0.15, -0.1) is 0 Å². The van der Waals surface area contributed by atoms with Crippen LogP contribution in [-0.2, 0) is 4.79 Å². The maximum absolute atomic E-state index is 9.00. The molecule has 0 saturated heterocycles. The number of rotatable bonds is 3. The van der Waals surface area contributed by atoms with Crippen LogP contribution in [0.5, 0.6) is 0 Å². The van der Waals surface area contributed by atoms with Crippen LogP contribution < -0.4 is 15.9 Å². The van der Waals surface area contributed by atoms with Gasteiger partial charge < -0.3 is 5.11 Å². The third-order valence-corrected chi connectivity index (χ3v) is 5.49. The smallest absolute Gasteiger partial charge is 0.300 e. The standard InChI is InChI=1S/C18H15P.C2H4O2.H3P/c1-4-10-16(11-5-1)19(17-12-6-2-7-13-17)18-14-8-3-9-15-18;1-2(3)4;/h1-15H;1H3,(H,3,4);1H3. The maximum atomic E-state index is 9.00. The Morgan fingerprint density at radius 2 is 0.875 bits per heavy atom. The van der Waals surface area contributed by atoms with Crippen molar-refractivity contribution in [2.75, 3.05) is 0 Å². The quantitative estimate of drug-likeness (QED) is 0.728. The number of carboxylic acid groups (broad SMARTS) is 1. The summed E-state index contributed by atoms with van der Waals surface area (Å²) in [6, 6.07) is 32.3. The van der Waals surface area contributed by atoms with E-state index in [0.717, 1.165) is 6.92 Å². The fraction of sp³-hybridized carbons (Fsp3) is 0.0500. The Labute approximate surface area is 147 Å². The first-order chi connectivity index (χ1) is 11.2. The number of carbonyl (C=O) groups is 1. The molecule has 0 amide bonds. The highest BCUT2D eigenvalue weighted by Gasteiger charge is 2.14. The average molecular weight is 356 g/mol. The van der Waals surface area contributed by atoms with Gasteiger partial charge in [0.25, 0.3) is 5.97 Å². The second-order valence-electron chi connectivity index (χ2n) is 4.86. The van der Waals surface area contributed by atoms with Crippen LogP contribution in [0.15, 0.2) is 91.0 Å². The summed E-state index contributed by atoms with van der Waals surface area (Å²) in [5, 5.41) is 11.6. The molecule has 0 aromatic heterocycles. The number of carboxylic acids is 1. The van der Waals surface area contributed by atoms with Crippen LogP contribution in [-0.4, -0.2) is 11.1 Å². The summed E-state index contributed by atoms with van der Waals surface area (Å²) in [6.07, 6.45) is 0. The van der Waals surface area contributed by atoms with Crippen molar-refractivity contribution in [2.24, 2.45) is 0 Å². The monoisotopic (exact) mass is 356 g/mol. The zero-order valence-electron chi connectivity index (χ0n) is 13.7. The summed E-state index contributed by atoms with van der Waals surface area (Å²) in [5.74, 6) is -0.833. The molecule has 1 atom stereocenters. The molecule has 1 N–H and O–H groups in total. The van der Waals surface area contributed by atoms with E-state index in [-0.39, 0.29) is 9.90 Å². The second kappa shape index (κ2) is 10.7. The van der Waals surface area contributed by atoms with E-state index >= 15 is 0 Å². The summed E-state index contributed by atoms with van der Waals surface area (Å²) < 4.78 is 0. The third-order valence-electron chi connectivity index (χ3n) is 3.04. The molecule has 24 heavy (non-hydrogen) atoms. The molecular formula is C20H22O2P2.